The van der Waals surface area contributed by atoms with Crippen molar-refractivity contribution in [2.24, 2.45) is 0 Å². The summed E-state index contributed by atoms with van der Waals surface area (Å²) in [5, 5.41) is 7.16. The van der Waals surface area contributed by atoms with Gasteiger partial charge in [-0.25, -0.2) is 4.98 Å². The van der Waals surface area contributed by atoms with Gasteiger partial charge in [-0.15, -0.1) is 11.3 Å². The normalized spacial score (nSPS) is 20.1. The smallest absolute Gasteiger partial charge is 0.228 e. The van der Waals surface area contributed by atoms with E-state index in [0.29, 0.717) is 12.3 Å². The first-order chi connectivity index (χ1) is 12.2. The molecule has 25 heavy (non-hydrogen) atoms. The first-order valence-corrected chi connectivity index (χ1v) is 10.4. The molecule has 3 nitrogen and oxygen atoms in total. The zero-order valence-electron chi connectivity index (χ0n) is 14.1. The molecular formula is C20H20N2OS2. The number of thiazole rings is 1. The molecule has 0 aliphatic carbocycles. The Morgan fingerprint density at radius 3 is 2.84 bits per heavy atom. The van der Waals surface area contributed by atoms with Crippen LogP contribution in [0.4, 0.5) is 0 Å². The Labute approximate surface area is 156 Å². The van der Waals surface area contributed by atoms with Gasteiger partial charge in [-0.05, 0) is 30.4 Å². The Bertz CT molecular complexity index is 842. The third-order valence-corrected chi connectivity index (χ3v) is 6.58. The molecule has 0 radical (unpaired) electrons. The number of rotatable bonds is 4. The molecule has 0 bridgehead atoms. The maximum Gasteiger partial charge on any atom is 0.228 e. The first kappa shape index (κ1) is 16.5. The quantitative estimate of drug-likeness (QED) is 0.661. The molecule has 0 saturated carbocycles. The predicted octanol–water partition coefficient (Wildman–Crippen LogP) is 4.82. The van der Waals surface area contributed by atoms with E-state index in [1.54, 1.807) is 22.7 Å². The number of carbonyl (C=O) groups excluding carboxylic acids is 1. The van der Waals surface area contributed by atoms with Crippen molar-refractivity contribution in [3.05, 3.63) is 63.8 Å². The number of likely N-dealkylation sites (tertiary alicyclic amines) is 1. The number of hydrogen-bond acceptors (Lipinski definition) is 4. The summed E-state index contributed by atoms with van der Waals surface area (Å²) in [6.07, 6.45) is 1.43. The van der Waals surface area contributed by atoms with E-state index in [-0.39, 0.29) is 11.9 Å². The Hall–Kier alpha value is -1.98. The number of amides is 1. The zero-order chi connectivity index (χ0) is 17.2. The van der Waals surface area contributed by atoms with Crippen molar-refractivity contribution in [1.82, 2.24) is 9.88 Å². The Kier molecular flexibility index (Phi) is 4.68. The number of aromatic nitrogens is 1. The van der Waals surface area contributed by atoms with Gasteiger partial charge in [-0.1, -0.05) is 30.3 Å². The molecule has 0 unspecified atom stereocenters. The van der Waals surface area contributed by atoms with E-state index in [2.05, 4.69) is 53.0 Å². The molecule has 4 rings (SSSR count). The lowest BCUT2D eigenvalue weighted by Gasteiger charge is -2.25. The van der Waals surface area contributed by atoms with Gasteiger partial charge in [0.25, 0.3) is 0 Å². The van der Waals surface area contributed by atoms with Crippen LogP contribution in [-0.4, -0.2) is 28.4 Å². The summed E-state index contributed by atoms with van der Waals surface area (Å²) >= 11 is 3.28. The van der Waals surface area contributed by atoms with E-state index < -0.39 is 0 Å². The number of hydrogen-bond donors (Lipinski definition) is 0. The van der Waals surface area contributed by atoms with Crippen molar-refractivity contribution in [3.8, 4) is 10.6 Å². The molecule has 1 aliphatic rings. The number of nitrogens with zero attached hydrogens (tertiary/aromatic N) is 2. The van der Waals surface area contributed by atoms with Gasteiger partial charge in [-0.2, -0.15) is 11.3 Å². The summed E-state index contributed by atoms with van der Waals surface area (Å²) in [4.78, 5) is 19.5. The molecule has 0 N–H and O–H groups in total. The summed E-state index contributed by atoms with van der Waals surface area (Å²) in [6, 6.07) is 12.8. The van der Waals surface area contributed by atoms with Gasteiger partial charge >= 0.3 is 0 Å². The molecular weight excluding hydrogens is 348 g/mol. The van der Waals surface area contributed by atoms with Crippen molar-refractivity contribution in [3.63, 3.8) is 0 Å². The summed E-state index contributed by atoms with van der Waals surface area (Å²) in [6.45, 7) is 3.00. The number of carbonyl (C=O) groups is 1. The molecule has 3 heterocycles. The van der Waals surface area contributed by atoms with Crippen molar-refractivity contribution >= 4 is 28.6 Å². The second-order valence-electron chi connectivity index (χ2n) is 6.47. The van der Waals surface area contributed by atoms with Crippen LogP contribution < -0.4 is 0 Å². The maximum absolute atomic E-state index is 12.8. The summed E-state index contributed by atoms with van der Waals surface area (Å²) < 4.78 is 0. The average molecular weight is 369 g/mol. The molecule has 2 atom stereocenters. The lowest BCUT2D eigenvalue weighted by molar-refractivity contribution is -0.131. The van der Waals surface area contributed by atoms with E-state index in [1.165, 1.54) is 5.56 Å². The topological polar surface area (TPSA) is 33.2 Å². The molecule has 128 valence electrons. The summed E-state index contributed by atoms with van der Waals surface area (Å²) in [5.74, 6) is 0.620. The van der Waals surface area contributed by atoms with Crippen LogP contribution in [0.3, 0.4) is 0 Å². The molecule has 5 heteroatoms. The summed E-state index contributed by atoms with van der Waals surface area (Å²) in [7, 11) is 0. The van der Waals surface area contributed by atoms with Gasteiger partial charge in [0, 0.05) is 34.8 Å². The van der Waals surface area contributed by atoms with Gasteiger partial charge < -0.3 is 4.90 Å². The monoisotopic (exact) mass is 368 g/mol. The van der Waals surface area contributed by atoms with Crippen molar-refractivity contribution in [1.29, 1.82) is 0 Å². The molecule has 3 aromatic rings. The molecule has 2 aromatic heterocycles. The highest BCUT2D eigenvalue weighted by Crippen LogP contribution is 2.33. The highest BCUT2D eigenvalue weighted by Gasteiger charge is 2.34. The van der Waals surface area contributed by atoms with Crippen molar-refractivity contribution in [2.75, 3.05) is 6.54 Å². The van der Waals surface area contributed by atoms with Gasteiger partial charge in [-0.3, -0.25) is 4.79 Å². The van der Waals surface area contributed by atoms with E-state index in [1.807, 2.05) is 16.3 Å². The fourth-order valence-electron chi connectivity index (χ4n) is 3.60. The van der Waals surface area contributed by atoms with E-state index in [9.17, 15) is 4.79 Å². The van der Waals surface area contributed by atoms with Gasteiger partial charge in [0.2, 0.25) is 5.91 Å². The van der Waals surface area contributed by atoms with Crippen LogP contribution in [0.25, 0.3) is 10.6 Å². The molecule has 1 saturated heterocycles. The van der Waals surface area contributed by atoms with Crippen LogP contribution in [0, 0.1) is 0 Å². The van der Waals surface area contributed by atoms with Crippen LogP contribution in [-0.2, 0) is 11.2 Å². The van der Waals surface area contributed by atoms with E-state index in [0.717, 1.165) is 29.2 Å². The number of thiophene rings is 1. The highest BCUT2D eigenvalue weighted by atomic mass is 32.1. The van der Waals surface area contributed by atoms with Gasteiger partial charge in [0.05, 0.1) is 12.1 Å². The SMILES string of the molecule is C[C@@H]1[C@H](c2ccccc2)CCN1C(=O)Cc1csc(-c2ccsc2)n1. The molecule has 1 aliphatic heterocycles. The summed E-state index contributed by atoms with van der Waals surface area (Å²) in [5.41, 5.74) is 3.36. The minimum Gasteiger partial charge on any atom is -0.339 e. The van der Waals surface area contributed by atoms with Crippen molar-refractivity contribution in [2.45, 2.75) is 31.7 Å². The lowest BCUT2D eigenvalue weighted by Crippen LogP contribution is -2.36. The fraction of sp³-hybridized carbons (Fsp3) is 0.300. The molecule has 1 fully saturated rings. The Morgan fingerprint density at radius 2 is 2.08 bits per heavy atom. The third kappa shape index (κ3) is 3.39. The van der Waals surface area contributed by atoms with Gasteiger partial charge in [0.15, 0.2) is 0 Å². The van der Waals surface area contributed by atoms with Crippen LogP contribution in [0.5, 0.6) is 0 Å². The van der Waals surface area contributed by atoms with Crippen molar-refractivity contribution < 1.29 is 4.79 Å². The highest BCUT2D eigenvalue weighted by molar-refractivity contribution is 7.14. The van der Waals surface area contributed by atoms with Crippen LogP contribution in [0.1, 0.15) is 30.5 Å². The Morgan fingerprint density at radius 1 is 1.24 bits per heavy atom. The first-order valence-electron chi connectivity index (χ1n) is 8.54. The molecule has 1 amide bonds. The third-order valence-electron chi connectivity index (χ3n) is 4.96. The minimum atomic E-state index is 0.188. The van der Waals surface area contributed by atoms with Crippen LogP contribution in [0.2, 0.25) is 0 Å². The lowest BCUT2D eigenvalue weighted by atomic mass is 9.93. The standard InChI is InChI=1S/C20H20N2OS2/c1-14-18(15-5-3-2-4-6-15)7-9-22(14)19(23)11-17-13-25-20(21-17)16-8-10-24-12-16/h2-6,8,10,12-14,18H,7,9,11H2,1H3/t14-,18-/m1/s1. The molecule has 0 spiro atoms. The zero-order valence-corrected chi connectivity index (χ0v) is 15.7. The van der Waals surface area contributed by atoms with Gasteiger partial charge in [0.1, 0.15) is 5.01 Å². The maximum atomic E-state index is 12.8. The largest absolute Gasteiger partial charge is 0.339 e. The second-order valence-corrected chi connectivity index (χ2v) is 8.10. The molecule has 1 aromatic carbocycles. The number of benzene rings is 1. The Balaban J connectivity index is 1.43. The predicted molar refractivity (Wildman–Crippen MR) is 104 cm³/mol. The van der Waals surface area contributed by atoms with Crippen LogP contribution >= 0.6 is 22.7 Å². The van der Waals surface area contributed by atoms with E-state index in [4.69, 9.17) is 0 Å². The second kappa shape index (κ2) is 7.10. The van der Waals surface area contributed by atoms with Crippen LogP contribution in [0.15, 0.2) is 52.5 Å². The average Bonchev–Trinajstić information content (AvgIpc) is 3.35. The minimum absolute atomic E-state index is 0.188. The fourth-order valence-corrected chi connectivity index (χ4v) is 5.13. The van der Waals surface area contributed by atoms with E-state index >= 15 is 0 Å².